The van der Waals surface area contributed by atoms with Gasteiger partial charge in [-0.15, -0.1) is 0 Å². The Morgan fingerprint density at radius 2 is 2.00 bits per heavy atom. The quantitative estimate of drug-likeness (QED) is 0.514. The van der Waals surface area contributed by atoms with Crippen molar-refractivity contribution in [2.75, 3.05) is 4.43 Å². The molecule has 0 fully saturated rings. The van der Waals surface area contributed by atoms with E-state index in [1.165, 1.54) is 4.43 Å². The Labute approximate surface area is 60.0 Å². The Bertz CT molecular complexity index is 18.9. The Morgan fingerprint density at radius 3 is 2.00 bits per heavy atom. The first-order valence-corrected chi connectivity index (χ1v) is 4.24. The van der Waals surface area contributed by atoms with Crippen molar-refractivity contribution >= 4 is 45.2 Å². The summed E-state index contributed by atoms with van der Waals surface area (Å²) in [7, 11) is 0. The molecule has 0 saturated carbocycles. The van der Waals surface area contributed by atoms with E-state index in [4.69, 9.17) is 0 Å². The lowest BCUT2D eigenvalue weighted by molar-refractivity contribution is 1.20. The van der Waals surface area contributed by atoms with E-state index >= 15 is 0 Å². The molecule has 0 aliphatic heterocycles. The molecule has 0 rings (SSSR count). The minimum absolute atomic E-state index is 0.841. The van der Waals surface area contributed by atoms with Gasteiger partial charge in [0.1, 0.15) is 0 Å². The van der Waals surface area contributed by atoms with Gasteiger partial charge in [0.2, 0.25) is 0 Å². The molecule has 0 N–H and O–H groups in total. The fourth-order valence-electron chi connectivity index (χ4n) is 0. The molecule has 0 aromatic carbocycles. The average Bonchev–Trinajstić information content (AvgIpc) is 1.38. The zero-order valence-electron chi connectivity index (χ0n) is 3.04. The lowest BCUT2D eigenvalue weighted by Gasteiger charge is -1.86. The molecular formula is C3H6I2. The molecule has 0 saturated heterocycles. The summed E-state index contributed by atoms with van der Waals surface area (Å²) < 4.78 is 2.10. The second-order valence-electron chi connectivity index (χ2n) is 0.935. The molecule has 0 aliphatic rings. The number of halogens is 2. The third-order valence-corrected chi connectivity index (χ3v) is 3.66. The van der Waals surface area contributed by atoms with E-state index in [2.05, 4.69) is 52.1 Å². The van der Waals surface area contributed by atoms with Crippen molar-refractivity contribution in [3.05, 3.63) is 0 Å². The van der Waals surface area contributed by atoms with Gasteiger partial charge in [0.25, 0.3) is 0 Å². The van der Waals surface area contributed by atoms with Gasteiger partial charge in [-0.25, -0.2) is 0 Å². The summed E-state index contributed by atoms with van der Waals surface area (Å²) in [5.74, 6) is 0. The van der Waals surface area contributed by atoms with Crippen LogP contribution in [0.5, 0.6) is 0 Å². The minimum Gasteiger partial charge on any atom is -0.0853 e. The number of rotatable bonds is 1. The molecule has 0 amide bonds. The monoisotopic (exact) mass is 296 g/mol. The lowest BCUT2D eigenvalue weighted by Crippen LogP contribution is -1.85. The average molecular weight is 296 g/mol. The molecule has 0 spiro atoms. The summed E-state index contributed by atoms with van der Waals surface area (Å²) >= 11 is 4.77. The van der Waals surface area contributed by atoms with Gasteiger partial charge in [0.05, 0.1) is 0 Å². The molecule has 2 heteroatoms. The van der Waals surface area contributed by atoms with Crippen molar-refractivity contribution < 1.29 is 0 Å². The fraction of sp³-hybridized carbons (Fsp3) is 1.00. The van der Waals surface area contributed by atoms with Crippen LogP contribution in [0.4, 0.5) is 0 Å². The van der Waals surface area contributed by atoms with Crippen LogP contribution in [-0.4, -0.2) is 8.35 Å². The van der Waals surface area contributed by atoms with Crippen LogP contribution in [0.1, 0.15) is 6.92 Å². The Kier molecular flexibility index (Phi) is 4.71. The molecule has 0 aromatic heterocycles. The standard InChI is InChI=1S/C3H6I2/c1-3(5)2-4/h3H,2H2,1H3/t3-/m0/s1. The van der Waals surface area contributed by atoms with Crippen molar-refractivity contribution in [2.24, 2.45) is 0 Å². The first-order valence-electron chi connectivity index (χ1n) is 1.47. The molecule has 0 unspecified atom stereocenters. The van der Waals surface area contributed by atoms with E-state index < -0.39 is 0 Å². The van der Waals surface area contributed by atoms with Gasteiger partial charge in [-0.2, -0.15) is 0 Å². The number of hydrogen-bond donors (Lipinski definition) is 0. The van der Waals surface area contributed by atoms with Crippen LogP contribution in [0.25, 0.3) is 0 Å². The van der Waals surface area contributed by atoms with E-state index in [0.717, 1.165) is 3.92 Å². The highest BCUT2D eigenvalue weighted by Gasteiger charge is 1.84. The molecule has 0 nitrogen and oxygen atoms in total. The predicted octanol–water partition coefficient (Wildman–Crippen LogP) is 2.24. The normalized spacial score (nSPS) is 15.0. The van der Waals surface area contributed by atoms with Crippen molar-refractivity contribution in [3.63, 3.8) is 0 Å². The van der Waals surface area contributed by atoms with Gasteiger partial charge in [-0.05, 0) is 0 Å². The number of alkyl halides is 2. The second-order valence-corrected chi connectivity index (χ2v) is 3.94. The van der Waals surface area contributed by atoms with Gasteiger partial charge >= 0.3 is 0 Å². The maximum absolute atomic E-state index is 2.40. The molecule has 32 valence electrons. The first-order chi connectivity index (χ1) is 2.27. The Balaban J connectivity index is 2.54. The molecule has 0 heterocycles. The largest absolute Gasteiger partial charge is 0.0853 e. The van der Waals surface area contributed by atoms with Crippen LogP contribution in [0.3, 0.4) is 0 Å². The Hall–Kier alpha value is 1.46. The third kappa shape index (κ3) is 5.46. The first kappa shape index (κ1) is 6.46. The van der Waals surface area contributed by atoms with E-state index in [1.54, 1.807) is 0 Å². The maximum Gasteiger partial charge on any atom is 0.0171 e. The highest BCUT2D eigenvalue weighted by Crippen LogP contribution is 2.00. The zero-order chi connectivity index (χ0) is 4.28. The zero-order valence-corrected chi connectivity index (χ0v) is 7.36. The van der Waals surface area contributed by atoms with Crippen LogP contribution >= 0.6 is 45.2 Å². The number of hydrogen-bond acceptors (Lipinski definition) is 0. The van der Waals surface area contributed by atoms with E-state index in [9.17, 15) is 0 Å². The highest BCUT2D eigenvalue weighted by atomic mass is 127. The second kappa shape index (κ2) is 3.64. The summed E-state index contributed by atoms with van der Waals surface area (Å²) in [6.45, 7) is 2.20. The molecule has 1 atom stereocenters. The van der Waals surface area contributed by atoms with Gasteiger partial charge in [-0.3, -0.25) is 0 Å². The van der Waals surface area contributed by atoms with Crippen LogP contribution < -0.4 is 0 Å². The van der Waals surface area contributed by atoms with Gasteiger partial charge in [-0.1, -0.05) is 52.1 Å². The summed E-state index contributed by atoms with van der Waals surface area (Å²) in [6.07, 6.45) is 0. The molecular weight excluding hydrogens is 290 g/mol. The maximum atomic E-state index is 2.40. The van der Waals surface area contributed by atoms with Gasteiger partial charge < -0.3 is 0 Å². The van der Waals surface area contributed by atoms with Crippen LogP contribution in [0, 0.1) is 0 Å². The minimum atomic E-state index is 0.841. The van der Waals surface area contributed by atoms with E-state index in [-0.39, 0.29) is 0 Å². The van der Waals surface area contributed by atoms with E-state index in [0.29, 0.717) is 0 Å². The van der Waals surface area contributed by atoms with Gasteiger partial charge in [0.15, 0.2) is 0 Å². The SMILES string of the molecule is C[C@H](I)CI. The van der Waals surface area contributed by atoms with Crippen LogP contribution in [-0.2, 0) is 0 Å². The van der Waals surface area contributed by atoms with Gasteiger partial charge in [0, 0.05) is 8.35 Å². The highest BCUT2D eigenvalue weighted by molar-refractivity contribution is 14.1. The topological polar surface area (TPSA) is 0 Å². The van der Waals surface area contributed by atoms with Crippen molar-refractivity contribution in [2.45, 2.75) is 10.8 Å². The van der Waals surface area contributed by atoms with Crippen molar-refractivity contribution in [1.29, 1.82) is 0 Å². The van der Waals surface area contributed by atoms with Crippen LogP contribution in [0.2, 0.25) is 0 Å². The molecule has 0 radical (unpaired) electrons. The summed E-state index contributed by atoms with van der Waals surface area (Å²) in [5.41, 5.74) is 0. The van der Waals surface area contributed by atoms with Crippen LogP contribution in [0.15, 0.2) is 0 Å². The van der Waals surface area contributed by atoms with Crippen molar-refractivity contribution in [1.82, 2.24) is 0 Å². The molecule has 0 bridgehead atoms. The lowest BCUT2D eigenvalue weighted by atomic mass is 10.6. The molecule has 5 heavy (non-hydrogen) atoms. The third-order valence-electron chi connectivity index (χ3n) is 0.213. The summed E-state index contributed by atoms with van der Waals surface area (Å²) in [6, 6.07) is 0. The molecule has 0 aromatic rings. The predicted molar refractivity (Wildman–Crippen MR) is 42.4 cm³/mol. The van der Waals surface area contributed by atoms with E-state index in [1.807, 2.05) is 0 Å². The smallest absolute Gasteiger partial charge is 0.0171 e. The molecule has 0 aliphatic carbocycles. The van der Waals surface area contributed by atoms with Crippen molar-refractivity contribution in [3.8, 4) is 0 Å². The fourth-order valence-corrected chi connectivity index (χ4v) is 0. The summed E-state index contributed by atoms with van der Waals surface area (Å²) in [5, 5.41) is 0. The summed E-state index contributed by atoms with van der Waals surface area (Å²) in [4.78, 5) is 0. The Morgan fingerprint density at radius 1 is 1.80 bits per heavy atom.